The first kappa shape index (κ1) is 15.1. The number of carbonyl (C=O) groups is 1. The van der Waals surface area contributed by atoms with Gasteiger partial charge in [0.15, 0.2) is 5.76 Å². The highest BCUT2D eigenvalue weighted by Crippen LogP contribution is 2.25. The predicted octanol–water partition coefficient (Wildman–Crippen LogP) is 2.44. The molecule has 5 heteroatoms. The number of aromatic nitrogens is 1. The van der Waals surface area contributed by atoms with Gasteiger partial charge in [-0.3, -0.25) is 9.59 Å². The molecule has 0 saturated heterocycles. The molecule has 0 aromatic carbocycles. The number of aryl methyl sites for hydroxylation is 2. The van der Waals surface area contributed by atoms with E-state index in [2.05, 4.69) is 4.98 Å². The molecule has 0 saturated carbocycles. The predicted molar refractivity (Wildman–Crippen MR) is 82.4 cm³/mol. The van der Waals surface area contributed by atoms with Crippen molar-refractivity contribution in [1.82, 2.24) is 4.98 Å². The lowest BCUT2D eigenvalue weighted by atomic mass is 9.97. The van der Waals surface area contributed by atoms with Crippen LogP contribution in [0.15, 0.2) is 21.3 Å². The number of aromatic amines is 1. The number of nitrogens with one attached hydrogen (secondary N) is 1. The maximum atomic E-state index is 12.8. The van der Waals surface area contributed by atoms with Crippen LogP contribution in [0.4, 0.5) is 5.69 Å². The zero-order chi connectivity index (χ0) is 15.7. The van der Waals surface area contributed by atoms with E-state index < -0.39 is 0 Å². The van der Waals surface area contributed by atoms with E-state index >= 15 is 0 Å². The quantitative estimate of drug-likeness (QED) is 0.878. The highest BCUT2D eigenvalue weighted by Gasteiger charge is 2.25. The van der Waals surface area contributed by atoms with Gasteiger partial charge in [0, 0.05) is 19.8 Å². The molecule has 21 heavy (non-hydrogen) atoms. The molecule has 0 bridgehead atoms. The first-order chi connectivity index (χ1) is 9.86. The van der Waals surface area contributed by atoms with E-state index in [1.165, 1.54) is 0 Å². The summed E-state index contributed by atoms with van der Waals surface area (Å²) in [5.74, 6) is 0.678. The Bertz CT molecular complexity index is 738. The molecule has 0 unspecified atom stereocenters. The Morgan fingerprint density at radius 2 is 1.95 bits per heavy atom. The Balaban J connectivity index is 2.76. The fraction of sp³-hybridized carbons (Fsp3) is 0.375. The molecule has 0 fully saturated rings. The topological polar surface area (TPSA) is 66.3 Å². The van der Waals surface area contributed by atoms with Gasteiger partial charge in [-0.2, -0.15) is 0 Å². The Labute approximate surface area is 123 Å². The maximum Gasteiger partial charge on any atom is 0.272 e. The van der Waals surface area contributed by atoms with Crippen LogP contribution in [-0.4, -0.2) is 24.9 Å². The lowest BCUT2D eigenvalue weighted by Crippen LogP contribution is -2.27. The van der Waals surface area contributed by atoms with Crippen molar-refractivity contribution >= 4 is 11.5 Å². The average Bonchev–Trinajstić information content (AvgIpc) is 2.83. The number of anilines is 1. The summed E-state index contributed by atoms with van der Waals surface area (Å²) in [5.41, 5.74) is 2.10. The molecule has 0 spiro atoms. The van der Waals surface area contributed by atoms with Gasteiger partial charge in [0.05, 0.1) is 5.56 Å². The smallest absolute Gasteiger partial charge is 0.272 e. The Morgan fingerprint density at radius 1 is 1.29 bits per heavy atom. The summed E-state index contributed by atoms with van der Waals surface area (Å²) in [6, 6.07) is 3.39. The molecule has 0 amide bonds. The normalized spacial score (nSPS) is 10.7. The zero-order valence-corrected chi connectivity index (χ0v) is 13.0. The van der Waals surface area contributed by atoms with E-state index in [0.29, 0.717) is 23.4 Å². The van der Waals surface area contributed by atoms with E-state index in [1.807, 2.05) is 13.8 Å². The number of pyridine rings is 1. The molecular formula is C16H20N2O3. The van der Waals surface area contributed by atoms with Crippen LogP contribution in [0.2, 0.25) is 0 Å². The third kappa shape index (κ3) is 2.63. The van der Waals surface area contributed by atoms with E-state index in [9.17, 15) is 9.59 Å². The number of carbonyl (C=O) groups excluding carboxylic acids is 1. The van der Waals surface area contributed by atoms with Gasteiger partial charge >= 0.3 is 0 Å². The van der Waals surface area contributed by atoms with Crippen LogP contribution in [0.1, 0.15) is 40.1 Å². The second-order valence-electron chi connectivity index (χ2n) is 5.27. The number of rotatable bonds is 4. The Hall–Kier alpha value is -2.30. The summed E-state index contributed by atoms with van der Waals surface area (Å²) < 4.78 is 5.43. The number of furan rings is 1. The summed E-state index contributed by atoms with van der Waals surface area (Å²) in [5, 5.41) is 0. The summed E-state index contributed by atoms with van der Waals surface area (Å²) in [7, 11) is 3.51. The molecule has 0 radical (unpaired) electrons. The maximum absolute atomic E-state index is 12.8. The summed E-state index contributed by atoms with van der Waals surface area (Å²) in [6.45, 7) is 5.56. The van der Waals surface area contributed by atoms with E-state index in [0.717, 1.165) is 11.3 Å². The molecule has 2 heterocycles. The number of ketones is 1. The molecule has 2 aromatic heterocycles. The fourth-order valence-electron chi connectivity index (χ4n) is 2.54. The lowest BCUT2D eigenvalue weighted by Gasteiger charge is -2.19. The SMILES string of the molecule is CCc1c(C)[nH]c(=O)c(N(C)C)c1C(=O)c1ccc(C)o1. The van der Waals surface area contributed by atoms with E-state index in [4.69, 9.17) is 4.42 Å². The van der Waals surface area contributed by atoms with Crippen LogP contribution in [0, 0.1) is 13.8 Å². The Kier molecular flexibility index (Phi) is 4.02. The zero-order valence-electron chi connectivity index (χ0n) is 13.0. The number of nitrogens with zero attached hydrogens (tertiary/aromatic N) is 1. The van der Waals surface area contributed by atoms with Crippen molar-refractivity contribution in [2.24, 2.45) is 0 Å². The minimum atomic E-state index is -0.263. The average molecular weight is 288 g/mol. The minimum Gasteiger partial charge on any atom is -0.458 e. The van der Waals surface area contributed by atoms with Gasteiger partial charge in [0.1, 0.15) is 11.4 Å². The van der Waals surface area contributed by atoms with Gasteiger partial charge in [-0.05, 0) is 38.0 Å². The highest BCUT2D eigenvalue weighted by atomic mass is 16.3. The van der Waals surface area contributed by atoms with E-state index in [1.54, 1.807) is 38.1 Å². The second kappa shape index (κ2) is 5.60. The molecule has 112 valence electrons. The standard InChI is InChI=1S/C16H20N2O3/c1-6-11-10(3)17-16(20)14(18(4)5)13(11)15(19)12-8-7-9(2)21-12/h7-8H,6H2,1-5H3,(H,17,20). The third-order valence-corrected chi connectivity index (χ3v) is 3.50. The molecular weight excluding hydrogens is 268 g/mol. The Morgan fingerprint density at radius 3 is 2.43 bits per heavy atom. The van der Waals surface area contributed by atoms with Crippen LogP contribution in [0.3, 0.4) is 0 Å². The van der Waals surface area contributed by atoms with Crippen LogP contribution < -0.4 is 10.5 Å². The van der Waals surface area contributed by atoms with Gasteiger partial charge in [-0.15, -0.1) is 0 Å². The molecule has 0 atom stereocenters. The van der Waals surface area contributed by atoms with Crippen molar-refractivity contribution in [2.75, 3.05) is 19.0 Å². The van der Waals surface area contributed by atoms with Crippen molar-refractivity contribution in [2.45, 2.75) is 27.2 Å². The largest absolute Gasteiger partial charge is 0.458 e. The van der Waals surface area contributed by atoms with Gasteiger partial charge in [-0.1, -0.05) is 6.92 Å². The van der Waals surface area contributed by atoms with E-state index in [-0.39, 0.29) is 17.1 Å². The van der Waals surface area contributed by atoms with Crippen molar-refractivity contribution in [1.29, 1.82) is 0 Å². The van der Waals surface area contributed by atoms with Crippen molar-refractivity contribution < 1.29 is 9.21 Å². The van der Waals surface area contributed by atoms with Crippen molar-refractivity contribution in [3.63, 3.8) is 0 Å². The summed E-state index contributed by atoms with van der Waals surface area (Å²) in [4.78, 5) is 29.5. The highest BCUT2D eigenvalue weighted by molar-refractivity contribution is 6.11. The third-order valence-electron chi connectivity index (χ3n) is 3.50. The summed E-state index contributed by atoms with van der Waals surface area (Å²) in [6.07, 6.45) is 0.657. The van der Waals surface area contributed by atoms with Crippen LogP contribution in [0.25, 0.3) is 0 Å². The van der Waals surface area contributed by atoms with Gasteiger partial charge in [-0.25, -0.2) is 0 Å². The first-order valence-electron chi connectivity index (χ1n) is 6.91. The van der Waals surface area contributed by atoms with Gasteiger partial charge < -0.3 is 14.3 Å². The number of H-pyrrole nitrogens is 1. The summed E-state index contributed by atoms with van der Waals surface area (Å²) >= 11 is 0. The molecule has 5 nitrogen and oxygen atoms in total. The van der Waals surface area contributed by atoms with Crippen LogP contribution >= 0.6 is 0 Å². The van der Waals surface area contributed by atoms with Gasteiger partial charge in [0.2, 0.25) is 5.78 Å². The molecule has 1 N–H and O–H groups in total. The molecule has 0 aliphatic heterocycles. The minimum absolute atomic E-state index is 0.252. The molecule has 0 aliphatic carbocycles. The van der Waals surface area contributed by atoms with Crippen LogP contribution in [0.5, 0.6) is 0 Å². The van der Waals surface area contributed by atoms with Crippen molar-refractivity contribution in [3.8, 4) is 0 Å². The molecule has 2 aromatic rings. The van der Waals surface area contributed by atoms with Gasteiger partial charge in [0.25, 0.3) is 5.56 Å². The van der Waals surface area contributed by atoms with Crippen molar-refractivity contribution in [3.05, 3.63) is 50.8 Å². The number of hydrogen-bond acceptors (Lipinski definition) is 4. The first-order valence-corrected chi connectivity index (χ1v) is 6.91. The van der Waals surface area contributed by atoms with Crippen LogP contribution in [-0.2, 0) is 6.42 Å². The second-order valence-corrected chi connectivity index (χ2v) is 5.27. The molecule has 0 aliphatic rings. The molecule has 2 rings (SSSR count). The number of hydrogen-bond donors (Lipinski definition) is 1. The fourth-order valence-corrected chi connectivity index (χ4v) is 2.54. The lowest BCUT2D eigenvalue weighted by molar-refractivity contribution is 0.101. The monoisotopic (exact) mass is 288 g/mol.